The molecular formula is C15H18N2O2. The number of nitrogen functional groups attached to an aromatic ring is 1. The van der Waals surface area contributed by atoms with Crippen LogP contribution in [0.4, 0.5) is 5.69 Å². The Morgan fingerprint density at radius 2 is 1.95 bits per heavy atom. The van der Waals surface area contributed by atoms with Crippen LogP contribution in [0.5, 0.6) is 5.75 Å². The molecule has 0 bridgehead atoms. The highest BCUT2D eigenvalue weighted by Crippen LogP contribution is 2.33. The summed E-state index contributed by atoms with van der Waals surface area (Å²) in [6.45, 7) is 3.01. The van der Waals surface area contributed by atoms with Gasteiger partial charge in [-0.05, 0) is 30.7 Å². The first-order valence-corrected chi connectivity index (χ1v) is 6.16. The third kappa shape index (κ3) is 3.03. The van der Waals surface area contributed by atoms with Gasteiger partial charge in [0, 0.05) is 18.9 Å². The number of methoxy groups -OCH3 is 1. The zero-order chi connectivity index (χ0) is 13.7. The van der Waals surface area contributed by atoms with E-state index in [9.17, 15) is 0 Å². The summed E-state index contributed by atoms with van der Waals surface area (Å²) >= 11 is 0. The molecule has 0 radical (unpaired) electrons. The summed E-state index contributed by atoms with van der Waals surface area (Å²) in [6.07, 6.45) is 1.76. The molecule has 0 spiro atoms. The van der Waals surface area contributed by atoms with E-state index in [0.717, 1.165) is 22.6 Å². The highest BCUT2D eigenvalue weighted by molar-refractivity contribution is 5.78. The monoisotopic (exact) mass is 258 g/mol. The van der Waals surface area contributed by atoms with Crippen molar-refractivity contribution < 1.29 is 9.47 Å². The lowest BCUT2D eigenvalue weighted by molar-refractivity contribution is 0.146. The molecule has 0 aliphatic carbocycles. The van der Waals surface area contributed by atoms with Crippen molar-refractivity contribution in [3.63, 3.8) is 0 Å². The van der Waals surface area contributed by atoms with Crippen LogP contribution >= 0.6 is 0 Å². The summed E-state index contributed by atoms with van der Waals surface area (Å²) in [7, 11) is 1.65. The van der Waals surface area contributed by atoms with Crippen LogP contribution in [0.1, 0.15) is 5.56 Å². The van der Waals surface area contributed by atoms with Gasteiger partial charge in [0.15, 0.2) is 0 Å². The fraction of sp³-hybridized carbons (Fsp3) is 0.267. The van der Waals surface area contributed by atoms with Crippen molar-refractivity contribution in [2.45, 2.75) is 6.92 Å². The molecule has 0 saturated carbocycles. The fourth-order valence-electron chi connectivity index (χ4n) is 1.81. The number of nitrogens with zero attached hydrogens (tertiary/aromatic N) is 1. The van der Waals surface area contributed by atoms with Gasteiger partial charge in [-0.1, -0.05) is 12.1 Å². The average Bonchev–Trinajstić information content (AvgIpc) is 2.43. The lowest BCUT2D eigenvalue weighted by atomic mass is 10.1. The van der Waals surface area contributed by atoms with Crippen molar-refractivity contribution >= 4 is 5.69 Å². The van der Waals surface area contributed by atoms with Crippen molar-refractivity contribution in [2.24, 2.45) is 0 Å². The maximum absolute atomic E-state index is 6.10. The van der Waals surface area contributed by atoms with Crippen molar-refractivity contribution in [2.75, 3.05) is 26.1 Å². The van der Waals surface area contributed by atoms with Gasteiger partial charge in [0.2, 0.25) is 0 Å². The zero-order valence-electron chi connectivity index (χ0n) is 11.2. The summed E-state index contributed by atoms with van der Waals surface area (Å²) in [5.74, 6) is 0.768. The Bertz CT molecular complexity index is 556. The second-order valence-corrected chi connectivity index (χ2v) is 4.23. The van der Waals surface area contributed by atoms with E-state index in [4.69, 9.17) is 15.2 Å². The Hall–Kier alpha value is -2.07. The van der Waals surface area contributed by atoms with E-state index < -0.39 is 0 Å². The van der Waals surface area contributed by atoms with Crippen molar-refractivity contribution in [1.29, 1.82) is 0 Å². The van der Waals surface area contributed by atoms with E-state index >= 15 is 0 Å². The van der Waals surface area contributed by atoms with Crippen LogP contribution in [0.25, 0.3) is 11.3 Å². The van der Waals surface area contributed by atoms with Gasteiger partial charge in [-0.3, -0.25) is 4.98 Å². The van der Waals surface area contributed by atoms with Gasteiger partial charge in [-0.2, -0.15) is 0 Å². The number of anilines is 1. The molecule has 100 valence electrons. The van der Waals surface area contributed by atoms with Crippen LogP contribution in [-0.4, -0.2) is 25.3 Å². The van der Waals surface area contributed by atoms with Crippen LogP contribution in [-0.2, 0) is 4.74 Å². The molecule has 1 aromatic carbocycles. The quantitative estimate of drug-likeness (QED) is 0.838. The summed E-state index contributed by atoms with van der Waals surface area (Å²) in [4.78, 5) is 4.36. The molecule has 4 heteroatoms. The van der Waals surface area contributed by atoms with E-state index in [-0.39, 0.29) is 0 Å². The summed E-state index contributed by atoms with van der Waals surface area (Å²) in [5.41, 5.74) is 9.45. The van der Waals surface area contributed by atoms with Gasteiger partial charge < -0.3 is 15.2 Å². The number of para-hydroxylation sites is 1. The van der Waals surface area contributed by atoms with Crippen molar-refractivity contribution in [1.82, 2.24) is 4.98 Å². The molecule has 0 atom stereocenters. The molecule has 2 rings (SSSR count). The number of ether oxygens (including phenoxy) is 2. The number of rotatable bonds is 5. The molecule has 1 heterocycles. The van der Waals surface area contributed by atoms with E-state index in [2.05, 4.69) is 4.98 Å². The van der Waals surface area contributed by atoms with E-state index in [1.165, 1.54) is 0 Å². The highest BCUT2D eigenvalue weighted by Gasteiger charge is 2.11. The second kappa shape index (κ2) is 6.20. The molecule has 0 unspecified atom stereocenters. The molecule has 0 fully saturated rings. The number of hydrogen-bond donors (Lipinski definition) is 1. The first kappa shape index (κ1) is 13.4. The summed E-state index contributed by atoms with van der Waals surface area (Å²) in [5, 5.41) is 0. The van der Waals surface area contributed by atoms with Crippen molar-refractivity contribution in [3.05, 3.63) is 42.1 Å². The minimum atomic E-state index is 0.499. The second-order valence-electron chi connectivity index (χ2n) is 4.23. The molecule has 4 nitrogen and oxygen atoms in total. The minimum Gasteiger partial charge on any atom is -0.490 e. The number of benzene rings is 1. The van der Waals surface area contributed by atoms with Gasteiger partial charge in [0.25, 0.3) is 0 Å². The Morgan fingerprint density at radius 1 is 1.16 bits per heavy atom. The predicted octanol–water partition coefficient (Wildman–Crippen LogP) is 2.66. The number of aryl methyl sites for hydroxylation is 1. The fourth-order valence-corrected chi connectivity index (χ4v) is 1.81. The number of hydrogen-bond acceptors (Lipinski definition) is 4. The van der Waals surface area contributed by atoms with E-state index in [1.807, 2.05) is 37.3 Å². The largest absolute Gasteiger partial charge is 0.490 e. The molecular weight excluding hydrogens is 240 g/mol. The Morgan fingerprint density at radius 3 is 2.74 bits per heavy atom. The van der Waals surface area contributed by atoms with E-state index in [1.54, 1.807) is 13.3 Å². The average molecular weight is 258 g/mol. The number of aromatic nitrogens is 1. The Kier molecular flexibility index (Phi) is 4.36. The third-order valence-electron chi connectivity index (χ3n) is 2.90. The van der Waals surface area contributed by atoms with Gasteiger partial charge in [0.05, 0.1) is 18.0 Å². The lowest BCUT2D eigenvalue weighted by Crippen LogP contribution is -2.05. The number of nitrogens with two attached hydrogens (primary N) is 1. The summed E-state index contributed by atoms with van der Waals surface area (Å²) < 4.78 is 10.7. The molecule has 1 aromatic heterocycles. The van der Waals surface area contributed by atoms with E-state index in [0.29, 0.717) is 18.9 Å². The number of pyridine rings is 1. The SMILES string of the molecule is COCCOc1ccccc1-c1nccc(C)c1N. The zero-order valence-corrected chi connectivity index (χ0v) is 11.2. The first-order chi connectivity index (χ1) is 9.24. The molecule has 19 heavy (non-hydrogen) atoms. The maximum atomic E-state index is 6.10. The molecule has 0 amide bonds. The Balaban J connectivity index is 2.36. The van der Waals surface area contributed by atoms with Gasteiger partial charge >= 0.3 is 0 Å². The highest BCUT2D eigenvalue weighted by atomic mass is 16.5. The van der Waals surface area contributed by atoms with Crippen LogP contribution in [0.2, 0.25) is 0 Å². The van der Waals surface area contributed by atoms with Gasteiger partial charge in [-0.25, -0.2) is 0 Å². The molecule has 2 N–H and O–H groups in total. The molecule has 0 aliphatic heterocycles. The molecule has 2 aromatic rings. The van der Waals surface area contributed by atoms with Crippen molar-refractivity contribution in [3.8, 4) is 17.0 Å². The standard InChI is InChI=1S/C15H18N2O2/c1-11-7-8-17-15(14(11)16)12-5-3-4-6-13(12)19-10-9-18-2/h3-8H,9-10,16H2,1-2H3. The molecule has 0 saturated heterocycles. The predicted molar refractivity (Wildman–Crippen MR) is 76.2 cm³/mol. The van der Waals surface area contributed by atoms with Crippen LogP contribution in [0.15, 0.2) is 36.5 Å². The Labute approximate surface area is 113 Å². The minimum absolute atomic E-state index is 0.499. The maximum Gasteiger partial charge on any atom is 0.128 e. The normalized spacial score (nSPS) is 10.4. The molecule has 0 aliphatic rings. The van der Waals surface area contributed by atoms with Crippen LogP contribution in [0, 0.1) is 6.92 Å². The smallest absolute Gasteiger partial charge is 0.128 e. The third-order valence-corrected chi connectivity index (χ3v) is 2.90. The topological polar surface area (TPSA) is 57.4 Å². The summed E-state index contributed by atoms with van der Waals surface area (Å²) in [6, 6.07) is 9.64. The first-order valence-electron chi connectivity index (χ1n) is 6.16. The van der Waals surface area contributed by atoms with Crippen LogP contribution < -0.4 is 10.5 Å². The van der Waals surface area contributed by atoms with Gasteiger partial charge in [0.1, 0.15) is 12.4 Å². The van der Waals surface area contributed by atoms with Gasteiger partial charge in [-0.15, -0.1) is 0 Å². The van der Waals surface area contributed by atoms with Crippen LogP contribution in [0.3, 0.4) is 0 Å². The lowest BCUT2D eigenvalue weighted by Gasteiger charge is -2.13.